The summed E-state index contributed by atoms with van der Waals surface area (Å²) in [6.07, 6.45) is 7.60. The minimum Gasteiger partial charge on any atom is -0.354 e. The molecule has 118 valence electrons. The van der Waals surface area contributed by atoms with Gasteiger partial charge < -0.3 is 14.4 Å². The molecule has 1 atom stereocenters. The van der Waals surface area contributed by atoms with E-state index in [0.29, 0.717) is 24.7 Å². The zero-order valence-corrected chi connectivity index (χ0v) is 13.0. The molecule has 2 heterocycles. The second-order valence-electron chi connectivity index (χ2n) is 5.78. The molecule has 0 aromatic carbocycles. The van der Waals surface area contributed by atoms with Gasteiger partial charge in [0.05, 0.1) is 0 Å². The van der Waals surface area contributed by atoms with Crippen molar-refractivity contribution in [3.63, 3.8) is 0 Å². The lowest BCUT2D eigenvalue weighted by atomic mass is 9.85. The smallest absolute Gasteiger partial charge is 0.242 e. The van der Waals surface area contributed by atoms with Crippen molar-refractivity contribution in [1.82, 2.24) is 25.0 Å². The van der Waals surface area contributed by atoms with Gasteiger partial charge in [-0.15, -0.1) is 0 Å². The second-order valence-corrected chi connectivity index (χ2v) is 5.78. The Bertz CT molecular complexity index is 644. The highest BCUT2D eigenvalue weighted by molar-refractivity contribution is 5.79. The van der Waals surface area contributed by atoms with Crippen molar-refractivity contribution in [3.8, 4) is 0 Å². The van der Waals surface area contributed by atoms with Gasteiger partial charge in [-0.2, -0.15) is 4.98 Å². The molecule has 22 heavy (non-hydrogen) atoms. The molecule has 7 nitrogen and oxygen atoms in total. The van der Waals surface area contributed by atoms with Gasteiger partial charge in [0.25, 0.3) is 0 Å². The standard InChI is InChI=1S/C15H21N5O2/c1-10(20-9-8-16-11(20)2)14(21)17-7-6-13-18-15(22-19-13)12-4-3-5-12/h8-10,12H,3-7H2,1-2H3,(H,17,21). The molecule has 1 amide bonds. The monoisotopic (exact) mass is 303 g/mol. The number of imidazole rings is 1. The summed E-state index contributed by atoms with van der Waals surface area (Å²) in [6.45, 7) is 4.23. The van der Waals surface area contributed by atoms with Crippen LogP contribution in [0, 0.1) is 6.92 Å². The lowest BCUT2D eigenvalue weighted by Gasteiger charge is -2.20. The van der Waals surface area contributed by atoms with E-state index >= 15 is 0 Å². The van der Waals surface area contributed by atoms with Gasteiger partial charge in [0.15, 0.2) is 5.82 Å². The third-order valence-corrected chi connectivity index (χ3v) is 4.25. The third-order valence-electron chi connectivity index (χ3n) is 4.25. The number of aryl methyl sites for hydroxylation is 1. The van der Waals surface area contributed by atoms with Gasteiger partial charge in [-0.1, -0.05) is 11.6 Å². The van der Waals surface area contributed by atoms with Crippen LogP contribution in [-0.4, -0.2) is 32.1 Å². The van der Waals surface area contributed by atoms with E-state index in [1.54, 1.807) is 6.20 Å². The minimum absolute atomic E-state index is 0.0381. The Kier molecular flexibility index (Phi) is 4.22. The van der Waals surface area contributed by atoms with Crippen LogP contribution in [0.5, 0.6) is 0 Å². The lowest BCUT2D eigenvalue weighted by molar-refractivity contribution is -0.123. The molecule has 0 spiro atoms. The molecule has 0 radical (unpaired) electrons. The van der Waals surface area contributed by atoms with Crippen LogP contribution in [0.25, 0.3) is 0 Å². The largest absolute Gasteiger partial charge is 0.354 e. The van der Waals surface area contributed by atoms with Gasteiger partial charge in [-0.3, -0.25) is 4.79 Å². The van der Waals surface area contributed by atoms with Gasteiger partial charge in [0.2, 0.25) is 11.8 Å². The molecule has 1 aliphatic rings. The maximum absolute atomic E-state index is 12.1. The molecule has 3 rings (SSSR count). The van der Waals surface area contributed by atoms with Gasteiger partial charge in [0.1, 0.15) is 11.9 Å². The van der Waals surface area contributed by atoms with Gasteiger partial charge in [-0.05, 0) is 26.7 Å². The van der Waals surface area contributed by atoms with Crippen LogP contribution in [0.3, 0.4) is 0 Å². The molecular weight excluding hydrogens is 282 g/mol. The van der Waals surface area contributed by atoms with Crippen LogP contribution in [-0.2, 0) is 11.2 Å². The van der Waals surface area contributed by atoms with Gasteiger partial charge in [0, 0.05) is 31.3 Å². The maximum atomic E-state index is 12.1. The van der Waals surface area contributed by atoms with Crippen LogP contribution in [0.4, 0.5) is 0 Å². The summed E-state index contributed by atoms with van der Waals surface area (Å²) in [6, 6.07) is -0.279. The molecule has 0 bridgehead atoms. The number of amides is 1. The summed E-state index contributed by atoms with van der Waals surface area (Å²) < 4.78 is 7.11. The highest BCUT2D eigenvalue weighted by atomic mass is 16.5. The fourth-order valence-electron chi connectivity index (χ4n) is 2.56. The zero-order valence-electron chi connectivity index (χ0n) is 13.0. The predicted molar refractivity (Wildman–Crippen MR) is 79.3 cm³/mol. The first-order chi connectivity index (χ1) is 10.6. The number of hydrogen-bond donors (Lipinski definition) is 1. The highest BCUT2D eigenvalue weighted by Crippen LogP contribution is 2.35. The normalized spacial score (nSPS) is 16.3. The second kappa shape index (κ2) is 6.29. The van der Waals surface area contributed by atoms with Crippen LogP contribution < -0.4 is 5.32 Å². The van der Waals surface area contributed by atoms with E-state index in [1.165, 1.54) is 6.42 Å². The Morgan fingerprint density at radius 3 is 3.00 bits per heavy atom. The number of rotatable bonds is 6. The molecule has 2 aromatic rings. The number of nitrogens with zero attached hydrogens (tertiary/aromatic N) is 4. The van der Waals surface area contributed by atoms with Crippen molar-refractivity contribution < 1.29 is 9.32 Å². The van der Waals surface area contributed by atoms with E-state index in [9.17, 15) is 4.79 Å². The first-order valence-electron chi connectivity index (χ1n) is 7.75. The number of nitrogens with one attached hydrogen (secondary N) is 1. The van der Waals surface area contributed by atoms with Crippen LogP contribution in [0.2, 0.25) is 0 Å². The summed E-state index contributed by atoms with van der Waals surface area (Å²) >= 11 is 0. The van der Waals surface area contributed by atoms with Crippen LogP contribution in [0.15, 0.2) is 16.9 Å². The summed E-state index contributed by atoms with van der Waals surface area (Å²) in [5, 5.41) is 6.88. The van der Waals surface area contributed by atoms with E-state index in [2.05, 4.69) is 20.4 Å². The van der Waals surface area contributed by atoms with E-state index in [0.717, 1.165) is 24.6 Å². The number of hydrogen-bond acceptors (Lipinski definition) is 5. The van der Waals surface area contributed by atoms with Crippen LogP contribution >= 0.6 is 0 Å². The molecule has 2 aromatic heterocycles. The Morgan fingerprint density at radius 2 is 2.36 bits per heavy atom. The van der Waals surface area contributed by atoms with Crippen molar-refractivity contribution in [1.29, 1.82) is 0 Å². The molecule has 0 aliphatic heterocycles. The van der Waals surface area contributed by atoms with Crippen molar-refractivity contribution in [2.24, 2.45) is 0 Å². The summed E-state index contributed by atoms with van der Waals surface area (Å²) in [4.78, 5) is 20.7. The van der Waals surface area contributed by atoms with Crippen molar-refractivity contribution in [2.75, 3.05) is 6.54 Å². The van der Waals surface area contributed by atoms with Crippen molar-refractivity contribution in [3.05, 3.63) is 29.9 Å². The molecular formula is C15H21N5O2. The average molecular weight is 303 g/mol. The Labute approximate surface area is 129 Å². The summed E-state index contributed by atoms with van der Waals surface area (Å²) in [5.74, 6) is 2.64. The number of aromatic nitrogens is 4. The molecule has 1 fully saturated rings. The minimum atomic E-state index is -0.279. The molecule has 1 saturated carbocycles. The fraction of sp³-hybridized carbons (Fsp3) is 0.600. The first-order valence-corrected chi connectivity index (χ1v) is 7.75. The van der Waals surface area contributed by atoms with E-state index < -0.39 is 0 Å². The number of carbonyl (C=O) groups is 1. The first kappa shape index (κ1) is 14.7. The third kappa shape index (κ3) is 3.03. The topological polar surface area (TPSA) is 85.8 Å². The molecule has 1 unspecified atom stereocenters. The van der Waals surface area contributed by atoms with Gasteiger partial charge in [-0.25, -0.2) is 4.98 Å². The van der Waals surface area contributed by atoms with Crippen molar-refractivity contribution in [2.45, 2.75) is 51.5 Å². The van der Waals surface area contributed by atoms with E-state index in [1.807, 2.05) is 24.6 Å². The number of carbonyl (C=O) groups excluding carboxylic acids is 1. The molecule has 7 heteroatoms. The Morgan fingerprint density at radius 1 is 1.55 bits per heavy atom. The Hall–Kier alpha value is -2.18. The molecule has 0 saturated heterocycles. The van der Waals surface area contributed by atoms with Gasteiger partial charge >= 0.3 is 0 Å². The lowest BCUT2D eigenvalue weighted by Crippen LogP contribution is -2.32. The summed E-state index contributed by atoms with van der Waals surface area (Å²) in [5.41, 5.74) is 0. The Balaban J connectivity index is 1.47. The fourth-order valence-corrected chi connectivity index (χ4v) is 2.56. The molecule has 1 N–H and O–H groups in total. The maximum Gasteiger partial charge on any atom is 0.242 e. The average Bonchev–Trinajstić information content (AvgIpc) is 3.05. The zero-order chi connectivity index (χ0) is 15.5. The van der Waals surface area contributed by atoms with E-state index in [-0.39, 0.29) is 11.9 Å². The van der Waals surface area contributed by atoms with E-state index in [4.69, 9.17) is 4.52 Å². The quantitative estimate of drug-likeness (QED) is 0.879. The van der Waals surface area contributed by atoms with Crippen LogP contribution in [0.1, 0.15) is 55.7 Å². The highest BCUT2D eigenvalue weighted by Gasteiger charge is 2.25. The molecule has 1 aliphatic carbocycles. The SMILES string of the molecule is Cc1nccn1C(C)C(=O)NCCc1noc(C2CCC2)n1. The predicted octanol–water partition coefficient (Wildman–Crippen LogP) is 1.76. The van der Waals surface area contributed by atoms with Crippen molar-refractivity contribution >= 4 is 5.91 Å². The summed E-state index contributed by atoms with van der Waals surface area (Å²) in [7, 11) is 0.